The van der Waals surface area contributed by atoms with Gasteiger partial charge in [0.1, 0.15) is 0 Å². The molecular weight excluding hydrogens is 356 g/mol. The molecule has 0 aliphatic carbocycles. The summed E-state index contributed by atoms with van der Waals surface area (Å²) < 4.78 is 11.4. The summed E-state index contributed by atoms with van der Waals surface area (Å²) in [6.45, 7) is 2.42. The number of anilines is 2. The summed E-state index contributed by atoms with van der Waals surface area (Å²) in [7, 11) is 0. The molecule has 2 fully saturated rings. The Morgan fingerprint density at radius 3 is 2.54 bits per heavy atom. The highest BCUT2D eigenvalue weighted by atomic mass is 35.5. The molecule has 2 aliphatic heterocycles. The van der Waals surface area contributed by atoms with Crippen molar-refractivity contribution in [3.63, 3.8) is 0 Å². The molecule has 8 heteroatoms. The van der Waals surface area contributed by atoms with Crippen LogP contribution in [0.2, 0.25) is 5.02 Å². The van der Waals surface area contributed by atoms with Gasteiger partial charge in [0.2, 0.25) is 0 Å². The lowest BCUT2D eigenvalue weighted by atomic mass is 10.0. The Kier molecular flexibility index (Phi) is 4.76. The molecule has 1 spiro atoms. The number of nitrogens with one attached hydrogen (secondary N) is 1. The summed E-state index contributed by atoms with van der Waals surface area (Å²) in [6.07, 6.45) is 1.36. The molecule has 2 saturated heterocycles. The maximum atomic E-state index is 12.6. The normalized spacial score (nSPS) is 18.9. The van der Waals surface area contributed by atoms with E-state index in [1.807, 2.05) is 12.1 Å². The lowest BCUT2D eigenvalue weighted by Crippen LogP contribution is -2.47. The first-order valence-corrected chi connectivity index (χ1v) is 8.95. The van der Waals surface area contributed by atoms with Crippen molar-refractivity contribution in [1.29, 1.82) is 0 Å². The van der Waals surface area contributed by atoms with E-state index in [1.165, 1.54) is 0 Å². The number of likely N-dealkylation sites (tertiary alicyclic amines) is 1. The molecule has 2 aliphatic rings. The number of hydrogen-bond acceptors (Lipinski definition) is 6. The molecule has 2 aromatic rings. The van der Waals surface area contributed by atoms with Crippen molar-refractivity contribution in [3.05, 3.63) is 47.1 Å². The third-order valence-electron chi connectivity index (χ3n) is 4.61. The van der Waals surface area contributed by atoms with E-state index in [-0.39, 0.29) is 5.91 Å². The van der Waals surface area contributed by atoms with Crippen molar-refractivity contribution < 1.29 is 14.3 Å². The molecule has 7 nitrogen and oxygen atoms in total. The van der Waals surface area contributed by atoms with Crippen LogP contribution < -0.4 is 5.32 Å². The fourth-order valence-corrected chi connectivity index (χ4v) is 3.42. The fourth-order valence-electron chi connectivity index (χ4n) is 3.23. The Labute approximate surface area is 156 Å². The third kappa shape index (κ3) is 3.65. The summed E-state index contributed by atoms with van der Waals surface area (Å²) in [5.74, 6) is -0.0680. The minimum Gasteiger partial charge on any atom is -0.347 e. The van der Waals surface area contributed by atoms with Crippen LogP contribution >= 0.6 is 11.6 Å². The van der Waals surface area contributed by atoms with Gasteiger partial charge in [-0.15, -0.1) is 10.2 Å². The Morgan fingerprint density at radius 1 is 1.12 bits per heavy atom. The van der Waals surface area contributed by atoms with Gasteiger partial charge in [0.15, 0.2) is 17.3 Å². The number of ether oxygens (including phenoxy) is 2. The fraction of sp³-hybridized carbons (Fsp3) is 0.389. The Balaban J connectivity index is 1.38. The van der Waals surface area contributed by atoms with Crippen LogP contribution in [0.4, 0.5) is 11.5 Å². The number of hydrogen-bond donors (Lipinski definition) is 1. The lowest BCUT2D eigenvalue weighted by molar-refractivity contribution is -0.181. The van der Waals surface area contributed by atoms with Gasteiger partial charge in [-0.2, -0.15) is 0 Å². The molecule has 3 heterocycles. The van der Waals surface area contributed by atoms with Crippen LogP contribution in [-0.2, 0) is 9.47 Å². The molecule has 1 N–H and O–H groups in total. The maximum Gasteiger partial charge on any atom is 0.274 e. The molecule has 0 unspecified atom stereocenters. The highest BCUT2D eigenvalue weighted by Crippen LogP contribution is 2.31. The zero-order chi connectivity index (χ0) is 18.0. The van der Waals surface area contributed by atoms with Crippen molar-refractivity contribution in [2.24, 2.45) is 0 Å². The second-order valence-electron chi connectivity index (χ2n) is 6.34. The molecule has 1 amide bonds. The first-order valence-electron chi connectivity index (χ1n) is 8.57. The minimum absolute atomic E-state index is 0.125. The number of aromatic nitrogens is 2. The summed E-state index contributed by atoms with van der Waals surface area (Å²) in [5.41, 5.74) is 1.13. The third-order valence-corrected chi connectivity index (χ3v) is 4.84. The van der Waals surface area contributed by atoms with Crippen LogP contribution in [0.15, 0.2) is 36.4 Å². The molecule has 136 valence electrons. The average Bonchev–Trinajstić information content (AvgIpc) is 3.11. The molecule has 0 bridgehead atoms. The van der Waals surface area contributed by atoms with E-state index in [0.717, 1.165) is 5.69 Å². The number of benzene rings is 1. The van der Waals surface area contributed by atoms with Gasteiger partial charge in [-0.25, -0.2) is 0 Å². The Bertz CT molecular complexity index is 783. The predicted molar refractivity (Wildman–Crippen MR) is 96.5 cm³/mol. The lowest BCUT2D eigenvalue weighted by Gasteiger charge is -2.37. The number of carbonyl (C=O) groups is 1. The first kappa shape index (κ1) is 17.2. The van der Waals surface area contributed by atoms with E-state index < -0.39 is 5.79 Å². The monoisotopic (exact) mass is 374 g/mol. The summed E-state index contributed by atoms with van der Waals surface area (Å²) in [4.78, 5) is 14.4. The molecular formula is C18H19ClN4O3. The second kappa shape index (κ2) is 7.19. The maximum absolute atomic E-state index is 12.6. The van der Waals surface area contributed by atoms with Crippen LogP contribution in [0, 0.1) is 0 Å². The smallest absolute Gasteiger partial charge is 0.274 e. The van der Waals surface area contributed by atoms with Crippen LogP contribution in [0.3, 0.4) is 0 Å². The summed E-state index contributed by atoms with van der Waals surface area (Å²) >= 11 is 5.96. The van der Waals surface area contributed by atoms with E-state index in [1.54, 1.807) is 29.2 Å². The van der Waals surface area contributed by atoms with Gasteiger partial charge in [-0.3, -0.25) is 4.79 Å². The van der Waals surface area contributed by atoms with E-state index in [0.29, 0.717) is 55.7 Å². The van der Waals surface area contributed by atoms with Crippen LogP contribution in [0.5, 0.6) is 0 Å². The quantitative estimate of drug-likeness (QED) is 0.890. The van der Waals surface area contributed by atoms with Gasteiger partial charge >= 0.3 is 0 Å². The van der Waals surface area contributed by atoms with Crippen LogP contribution in [0.25, 0.3) is 0 Å². The predicted octanol–water partition coefficient (Wildman–Crippen LogP) is 2.85. The van der Waals surface area contributed by atoms with Crippen LogP contribution in [-0.4, -0.2) is 53.1 Å². The standard InChI is InChI=1S/C18H19ClN4O3/c19-13-2-1-3-14(12-13)20-16-5-4-15(21-22-16)17(24)23-8-6-18(7-9-23)25-10-11-26-18/h1-5,12H,6-11H2,(H,20,22). The highest BCUT2D eigenvalue weighted by molar-refractivity contribution is 6.30. The van der Waals surface area contributed by atoms with Crippen LogP contribution in [0.1, 0.15) is 23.3 Å². The van der Waals surface area contributed by atoms with Crippen molar-refractivity contribution in [1.82, 2.24) is 15.1 Å². The number of piperidine rings is 1. The van der Waals surface area contributed by atoms with Gasteiger partial charge in [-0.1, -0.05) is 17.7 Å². The number of rotatable bonds is 3. The van der Waals surface area contributed by atoms with Crippen molar-refractivity contribution in [2.45, 2.75) is 18.6 Å². The Morgan fingerprint density at radius 2 is 1.88 bits per heavy atom. The number of nitrogens with zero attached hydrogens (tertiary/aromatic N) is 3. The number of amides is 1. The number of halogens is 1. The molecule has 0 saturated carbocycles. The minimum atomic E-state index is -0.493. The zero-order valence-electron chi connectivity index (χ0n) is 14.2. The van der Waals surface area contributed by atoms with Crippen molar-refractivity contribution in [3.8, 4) is 0 Å². The van der Waals surface area contributed by atoms with Gasteiger partial charge in [0, 0.05) is 36.6 Å². The summed E-state index contributed by atoms with van der Waals surface area (Å²) in [6, 6.07) is 10.7. The topological polar surface area (TPSA) is 76.6 Å². The number of carbonyl (C=O) groups excluding carboxylic acids is 1. The van der Waals surface area contributed by atoms with Crippen molar-refractivity contribution >= 4 is 29.0 Å². The zero-order valence-corrected chi connectivity index (χ0v) is 14.9. The largest absolute Gasteiger partial charge is 0.347 e. The van der Waals surface area contributed by atoms with E-state index in [4.69, 9.17) is 21.1 Å². The Hall–Kier alpha value is -2.22. The van der Waals surface area contributed by atoms with Gasteiger partial charge < -0.3 is 19.7 Å². The molecule has 1 aromatic carbocycles. The molecule has 4 rings (SSSR count). The van der Waals surface area contributed by atoms with E-state index in [2.05, 4.69) is 15.5 Å². The molecule has 26 heavy (non-hydrogen) atoms. The SMILES string of the molecule is O=C(c1ccc(Nc2cccc(Cl)c2)nn1)N1CCC2(CC1)OCCO2. The van der Waals surface area contributed by atoms with Gasteiger partial charge in [0.25, 0.3) is 5.91 Å². The average molecular weight is 375 g/mol. The van der Waals surface area contributed by atoms with Gasteiger partial charge in [0.05, 0.1) is 13.2 Å². The molecule has 0 atom stereocenters. The van der Waals surface area contributed by atoms with E-state index >= 15 is 0 Å². The highest BCUT2D eigenvalue weighted by Gasteiger charge is 2.41. The second-order valence-corrected chi connectivity index (χ2v) is 6.78. The van der Waals surface area contributed by atoms with E-state index in [9.17, 15) is 4.79 Å². The summed E-state index contributed by atoms with van der Waals surface area (Å²) in [5, 5.41) is 11.9. The van der Waals surface area contributed by atoms with Gasteiger partial charge in [-0.05, 0) is 30.3 Å². The molecule has 1 aromatic heterocycles. The van der Waals surface area contributed by atoms with Crippen molar-refractivity contribution in [2.75, 3.05) is 31.6 Å². The first-order chi connectivity index (χ1) is 12.6. The molecule has 0 radical (unpaired) electrons.